The summed E-state index contributed by atoms with van der Waals surface area (Å²) in [6, 6.07) is 4.29. The smallest absolute Gasteiger partial charge is 0.293 e. The highest BCUT2D eigenvalue weighted by Crippen LogP contribution is 2.29. The maximum absolute atomic E-state index is 11.0. The largest absolute Gasteiger partial charge is 0.548 e. The molecule has 1 atom stereocenters. The van der Waals surface area contributed by atoms with Crippen LogP contribution in [-0.4, -0.2) is 16.9 Å². The molecule has 0 unspecified atom stereocenters. The minimum atomic E-state index is -1.41. The number of nitro benzene ring substituents is 1. The lowest BCUT2D eigenvalue weighted by Gasteiger charge is -2.24. The number of benzene rings is 1. The highest BCUT2D eigenvalue weighted by Gasteiger charge is 2.22. The normalized spacial score (nSPS) is 11.3. The molecule has 0 aliphatic carbocycles. The van der Waals surface area contributed by atoms with Crippen molar-refractivity contribution in [3.8, 4) is 12.1 Å². The van der Waals surface area contributed by atoms with Gasteiger partial charge in [-0.2, -0.15) is 10.5 Å². The van der Waals surface area contributed by atoms with Crippen LogP contribution in [0.1, 0.15) is 25.0 Å². The highest BCUT2D eigenvalue weighted by atomic mass is 16.6. The summed E-state index contributed by atoms with van der Waals surface area (Å²) in [5.74, 6) is -1.81. The molecule has 21 heavy (non-hydrogen) atoms. The van der Waals surface area contributed by atoms with Crippen molar-refractivity contribution in [1.29, 1.82) is 10.5 Å². The van der Waals surface area contributed by atoms with Gasteiger partial charge in [0.1, 0.15) is 17.8 Å². The van der Waals surface area contributed by atoms with Gasteiger partial charge in [-0.15, -0.1) is 0 Å². The van der Waals surface area contributed by atoms with Crippen LogP contribution >= 0.6 is 0 Å². The molecule has 0 saturated carbocycles. The molecule has 0 aliphatic rings. The summed E-state index contributed by atoms with van der Waals surface area (Å²) in [6.45, 7) is 3.21. The number of carbonyl (C=O) groups excluding carboxylic acids is 1. The second-order valence-corrected chi connectivity index (χ2v) is 4.58. The van der Waals surface area contributed by atoms with Crippen molar-refractivity contribution in [1.82, 2.24) is 0 Å². The number of hydrogen-bond donors (Lipinski definition) is 1. The number of anilines is 1. The first kappa shape index (κ1) is 15.9. The van der Waals surface area contributed by atoms with Crippen LogP contribution in [0, 0.1) is 38.7 Å². The number of carbonyl (C=O) groups is 1. The molecule has 0 bridgehead atoms. The molecule has 0 spiro atoms. The molecule has 8 nitrogen and oxygen atoms in total. The van der Waals surface area contributed by atoms with Crippen LogP contribution in [0.2, 0.25) is 0 Å². The Morgan fingerprint density at radius 3 is 2.19 bits per heavy atom. The van der Waals surface area contributed by atoms with Crippen molar-refractivity contribution in [2.45, 2.75) is 19.9 Å². The Bertz CT molecular complexity index is 670. The molecule has 0 heterocycles. The van der Waals surface area contributed by atoms with Gasteiger partial charge in [-0.1, -0.05) is 13.8 Å². The van der Waals surface area contributed by atoms with Crippen molar-refractivity contribution in [3.63, 3.8) is 0 Å². The maximum Gasteiger partial charge on any atom is 0.293 e. The van der Waals surface area contributed by atoms with Crippen LogP contribution in [0.15, 0.2) is 12.1 Å². The van der Waals surface area contributed by atoms with E-state index in [9.17, 15) is 20.0 Å². The van der Waals surface area contributed by atoms with E-state index in [4.69, 9.17) is 10.5 Å². The topological polar surface area (TPSA) is 143 Å². The minimum absolute atomic E-state index is 0.0774. The maximum atomic E-state index is 11.0. The van der Waals surface area contributed by atoms with Crippen molar-refractivity contribution in [2.24, 2.45) is 5.92 Å². The lowest BCUT2D eigenvalue weighted by Crippen LogP contribution is -2.44. The number of nitro groups is 1. The van der Waals surface area contributed by atoms with Crippen LogP contribution in [0.4, 0.5) is 11.4 Å². The summed E-state index contributed by atoms with van der Waals surface area (Å²) in [5, 5.41) is 42.3. The first-order chi connectivity index (χ1) is 9.81. The Kier molecular flexibility index (Phi) is 4.81. The van der Waals surface area contributed by atoms with E-state index in [2.05, 4.69) is 5.32 Å². The zero-order chi connectivity index (χ0) is 16.2. The lowest BCUT2D eigenvalue weighted by molar-refractivity contribution is -0.384. The van der Waals surface area contributed by atoms with E-state index in [1.165, 1.54) is 0 Å². The van der Waals surface area contributed by atoms with E-state index >= 15 is 0 Å². The number of rotatable bonds is 5. The van der Waals surface area contributed by atoms with Gasteiger partial charge in [0.15, 0.2) is 0 Å². The monoisotopic (exact) mass is 287 g/mol. The highest BCUT2D eigenvalue weighted by molar-refractivity contribution is 5.78. The lowest BCUT2D eigenvalue weighted by atomic mass is 10.0. The fraction of sp³-hybridized carbons (Fsp3) is 0.308. The minimum Gasteiger partial charge on any atom is -0.548 e. The van der Waals surface area contributed by atoms with Crippen molar-refractivity contribution < 1.29 is 14.8 Å². The molecule has 8 heteroatoms. The van der Waals surface area contributed by atoms with Crippen LogP contribution in [0.25, 0.3) is 0 Å². The molecule has 1 aromatic rings. The third kappa shape index (κ3) is 3.45. The van der Waals surface area contributed by atoms with Gasteiger partial charge in [0.2, 0.25) is 0 Å². The first-order valence-corrected chi connectivity index (χ1v) is 5.91. The second-order valence-electron chi connectivity index (χ2n) is 4.58. The molecule has 0 radical (unpaired) electrons. The van der Waals surface area contributed by atoms with Crippen LogP contribution < -0.4 is 10.4 Å². The van der Waals surface area contributed by atoms with E-state index in [0.717, 1.165) is 12.1 Å². The molecular formula is C13H11N4O4-. The first-order valence-electron chi connectivity index (χ1n) is 5.91. The van der Waals surface area contributed by atoms with Gasteiger partial charge in [0.05, 0.1) is 28.1 Å². The molecule has 0 amide bonds. The summed E-state index contributed by atoms with van der Waals surface area (Å²) < 4.78 is 0. The number of nitrogens with zero attached hydrogens (tertiary/aromatic N) is 3. The van der Waals surface area contributed by atoms with Gasteiger partial charge in [-0.3, -0.25) is 10.1 Å². The van der Waals surface area contributed by atoms with Gasteiger partial charge >= 0.3 is 0 Å². The molecular weight excluding hydrogens is 276 g/mol. The predicted octanol–water partition coefficient (Wildman–Crippen LogP) is 0.525. The third-order valence-electron chi connectivity index (χ3n) is 2.81. The fourth-order valence-corrected chi connectivity index (χ4v) is 1.71. The van der Waals surface area contributed by atoms with E-state index in [0.29, 0.717) is 0 Å². The molecule has 1 aromatic carbocycles. The molecule has 108 valence electrons. The number of aliphatic carboxylic acids is 1. The van der Waals surface area contributed by atoms with Crippen molar-refractivity contribution in [3.05, 3.63) is 33.4 Å². The standard InChI is InChI=1S/C13H12N4O4/c1-7(2)12(13(18)19)16-10-3-8(5-14)9(6-15)4-11(10)17(20)21/h3-4,7,12,16H,1-2H3,(H,18,19)/p-1/t12-/m1/s1. The third-order valence-corrected chi connectivity index (χ3v) is 2.81. The molecule has 0 saturated heterocycles. The van der Waals surface area contributed by atoms with E-state index in [1.54, 1.807) is 26.0 Å². The SMILES string of the molecule is CC(C)[C@@H](Nc1cc(C#N)c(C#N)cc1[N+](=O)[O-])C(=O)[O-]. The zero-order valence-electron chi connectivity index (χ0n) is 11.3. The van der Waals surface area contributed by atoms with Gasteiger partial charge in [0.25, 0.3) is 5.69 Å². The molecule has 1 rings (SSSR count). The van der Waals surface area contributed by atoms with Crippen LogP contribution in [0.5, 0.6) is 0 Å². The van der Waals surface area contributed by atoms with Crippen LogP contribution in [0.3, 0.4) is 0 Å². The van der Waals surface area contributed by atoms with E-state index < -0.39 is 28.5 Å². The number of nitrogens with one attached hydrogen (secondary N) is 1. The summed E-state index contributed by atoms with van der Waals surface area (Å²) in [7, 11) is 0. The number of nitriles is 2. The van der Waals surface area contributed by atoms with Crippen molar-refractivity contribution in [2.75, 3.05) is 5.32 Å². The molecule has 0 fully saturated rings. The summed E-state index contributed by atoms with van der Waals surface area (Å²) in [5.41, 5.74) is -0.841. The van der Waals surface area contributed by atoms with Crippen LogP contribution in [-0.2, 0) is 4.79 Å². The molecule has 0 aromatic heterocycles. The molecule has 0 aliphatic heterocycles. The average Bonchev–Trinajstić information content (AvgIpc) is 2.42. The van der Waals surface area contributed by atoms with E-state index in [-0.39, 0.29) is 16.8 Å². The van der Waals surface area contributed by atoms with E-state index in [1.807, 2.05) is 0 Å². The number of carboxylic acid groups (broad SMARTS) is 1. The number of hydrogen-bond acceptors (Lipinski definition) is 7. The predicted molar refractivity (Wildman–Crippen MR) is 69.8 cm³/mol. The van der Waals surface area contributed by atoms with Gasteiger partial charge in [0, 0.05) is 6.07 Å². The Morgan fingerprint density at radius 2 is 1.81 bits per heavy atom. The second kappa shape index (κ2) is 6.35. The zero-order valence-corrected chi connectivity index (χ0v) is 11.3. The van der Waals surface area contributed by atoms with Gasteiger partial charge in [-0.25, -0.2) is 0 Å². The Balaban J connectivity index is 3.41. The van der Waals surface area contributed by atoms with Gasteiger partial charge in [-0.05, 0) is 12.0 Å². The van der Waals surface area contributed by atoms with Crippen molar-refractivity contribution >= 4 is 17.3 Å². The average molecular weight is 287 g/mol. The number of carboxylic acids is 1. The molecule has 1 N–H and O–H groups in total. The quantitative estimate of drug-likeness (QED) is 0.614. The summed E-state index contributed by atoms with van der Waals surface area (Å²) in [6.07, 6.45) is 0. The fourth-order valence-electron chi connectivity index (χ4n) is 1.71. The Labute approximate surface area is 120 Å². The Morgan fingerprint density at radius 1 is 1.29 bits per heavy atom. The van der Waals surface area contributed by atoms with Gasteiger partial charge < -0.3 is 15.2 Å². The Hall–Kier alpha value is -3.13. The summed E-state index contributed by atoms with van der Waals surface area (Å²) in [4.78, 5) is 21.3. The summed E-state index contributed by atoms with van der Waals surface area (Å²) >= 11 is 0.